The quantitative estimate of drug-likeness (QED) is 0.416. The SMILES string of the molecule is COCCOc1cc2[nH]nc(-c3cc(-c4ccc(C(=O)N5CCOCC5)cc4)on3)c2cc1F. The number of hydrogen-bond donors (Lipinski definition) is 1. The summed E-state index contributed by atoms with van der Waals surface area (Å²) in [5.41, 5.74) is 2.90. The smallest absolute Gasteiger partial charge is 0.254 e. The number of benzene rings is 2. The van der Waals surface area contributed by atoms with Gasteiger partial charge in [-0.1, -0.05) is 17.3 Å². The largest absolute Gasteiger partial charge is 0.488 e. The molecule has 0 aliphatic carbocycles. The number of methoxy groups -OCH3 is 1. The van der Waals surface area contributed by atoms with E-state index < -0.39 is 5.82 Å². The highest BCUT2D eigenvalue weighted by molar-refractivity contribution is 5.95. The van der Waals surface area contributed by atoms with Crippen molar-refractivity contribution in [3.05, 3.63) is 53.8 Å². The van der Waals surface area contributed by atoms with Crippen LogP contribution in [0.2, 0.25) is 0 Å². The molecule has 0 unspecified atom stereocenters. The summed E-state index contributed by atoms with van der Waals surface area (Å²) in [7, 11) is 1.55. The van der Waals surface area contributed by atoms with Gasteiger partial charge in [-0.2, -0.15) is 5.10 Å². The molecule has 3 heterocycles. The van der Waals surface area contributed by atoms with Gasteiger partial charge in [-0.3, -0.25) is 9.89 Å². The van der Waals surface area contributed by atoms with Crippen LogP contribution in [-0.2, 0) is 9.47 Å². The van der Waals surface area contributed by atoms with Crippen molar-refractivity contribution in [1.82, 2.24) is 20.3 Å². The monoisotopic (exact) mass is 466 g/mol. The fourth-order valence-corrected chi connectivity index (χ4v) is 3.81. The summed E-state index contributed by atoms with van der Waals surface area (Å²) in [6, 6.07) is 11.8. The summed E-state index contributed by atoms with van der Waals surface area (Å²) in [4.78, 5) is 14.4. The van der Waals surface area contributed by atoms with Gasteiger partial charge < -0.3 is 23.6 Å². The number of aromatic nitrogens is 3. The summed E-state index contributed by atoms with van der Waals surface area (Å²) in [6.45, 7) is 2.88. The molecule has 1 amide bonds. The van der Waals surface area contributed by atoms with Crippen LogP contribution in [0, 0.1) is 5.82 Å². The van der Waals surface area contributed by atoms with Crippen LogP contribution in [0.1, 0.15) is 10.4 Å². The van der Waals surface area contributed by atoms with Gasteiger partial charge >= 0.3 is 0 Å². The van der Waals surface area contributed by atoms with Gasteiger partial charge in [0.15, 0.2) is 17.3 Å². The van der Waals surface area contributed by atoms with E-state index in [2.05, 4.69) is 15.4 Å². The van der Waals surface area contributed by atoms with Gasteiger partial charge in [0.05, 0.1) is 25.3 Å². The molecule has 10 heteroatoms. The summed E-state index contributed by atoms with van der Waals surface area (Å²) in [5, 5.41) is 11.8. The van der Waals surface area contributed by atoms with Crippen molar-refractivity contribution in [2.24, 2.45) is 0 Å². The van der Waals surface area contributed by atoms with Gasteiger partial charge in [0.25, 0.3) is 5.91 Å². The van der Waals surface area contributed by atoms with Gasteiger partial charge in [-0.05, 0) is 18.2 Å². The third-order valence-corrected chi connectivity index (χ3v) is 5.63. The molecule has 176 valence electrons. The predicted molar refractivity (Wildman–Crippen MR) is 121 cm³/mol. The van der Waals surface area contributed by atoms with Crippen molar-refractivity contribution in [2.75, 3.05) is 46.6 Å². The summed E-state index contributed by atoms with van der Waals surface area (Å²) < 4.78 is 35.7. The van der Waals surface area contributed by atoms with E-state index in [-0.39, 0.29) is 18.3 Å². The highest BCUT2D eigenvalue weighted by Crippen LogP contribution is 2.32. The van der Waals surface area contributed by atoms with Crippen molar-refractivity contribution in [3.8, 4) is 28.5 Å². The second-order valence-corrected chi connectivity index (χ2v) is 7.80. The van der Waals surface area contributed by atoms with E-state index in [0.29, 0.717) is 66.5 Å². The molecule has 2 aromatic carbocycles. The average molecular weight is 466 g/mol. The Morgan fingerprint density at radius 3 is 2.71 bits per heavy atom. The van der Waals surface area contributed by atoms with E-state index in [1.807, 2.05) is 12.1 Å². The third kappa shape index (κ3) is 4.37. The molecule has 1 N–H and O–H groups in total. The fourth-order valence-electron chi connectivity index (χ4n) is 3.81. The topological polar surface area (TPSA) is 103 Å². The van der Waals surface area contributed by atoms with Crippen LogP contribution in [0.4, 0.5) is 4.39 Å². The number of carbonyl (C=O) groups excluding carboxylic acids is 1. The zero-order valence-electron chi connectivity index (χ0n) is 18.5. The number of fused-ring (bicyclic) bond motifs is 1. The molecule has 5 rings (SSSR count). The molecule has 9 nitrogen and oxygen atoms in total. The molecule has 0 radical (unpaired) electrons. The van der Waals surface area contributed by atoms with E-state index in [9.17, 15) is 9.18 Å². The molecule has 1 aliphatic rings. The van der Waals surface area contributed by atoms with Crippen LogP contribution in [0.25, 0.3) is 33.6 Å². The Bertz CT molecular complexity index is 1290. The maximum Gasteiger partial charge on any atom is 0.254 e. The average Bonchev–Trinajstić information content (AvgIpc) is 3.51. The van der Waals surface area contributed by atoms with Crippen LogP contribution in [-0.4, -0.2) is 72.8 Å². The maximum absolute atomic E-state index is 14.5. The van der Waals surface area contributed by atoms with E-state index >= 15 is 0 Å². The minimum absolute atomic E-state index is 0.0244. The van der Waals surface area contributed by atoms with Crippen molar-refractivity contribution in [3.63, 3.8) is 0 Å². The minimum Gasteiger partial charge on any atom is -0.488 e. The zero-order valence-corrected chi connectivity index (χ0v) is 18.5. The summed E-state index contributed by atoms with van der Waals surface area (Å²) in [6.07, 6.45) is 0. The standard InChI is InChI=1S/C24H23FN4O5/c1-31-10-11-33-22-13-19-17(12-18(22)25)23(27-26-19)20-14-21(34-28-20)15-2-4-16(5-3-15)24(30)29-6-8-32-9-7-29/h2-5,12-14H,6-11H2,1H3,(H,26,27). The Morgan fingerprint density at radius 1 is 1.15 bits per heavy atom. The lowest BCUT2D eigenvalue weighted by Gasteiger charge is -2.26. The Morgan fingerprint density at radius 2 is 1.94 bits per heavy atom. The zero-order chi connectivity index (χ0) is 23.5. The van der Waals surface area contributed by atoms with Crippen molar-refractivity contribution in [2.45, 2.75) is 0 Å². The predicted octanol–water partition coefficient (Wildman–Crippen LogP) is 3.52. The van der Waals surface area contributed by atoms with E-state index in [4.69, 9.17) is 18.7 Å². The Balaban J connectivity index is 1.35. The lowest BCUT2D eigenvalue weighted by molar-refractivity contribution is 0.0303. The van der Waals surface area contributed by atoms with E-state index in [1.54, 1.807) is 36.3 Å². The molecular weight excluding hydrogens is 443 g/mol. The van der Waals surface area contributed by atoms with Crippen molar-refractivity contribution < 1.29 is 27.9 Å². The molecule has 1 aliphatic heterocycles. The van der Waals surface area contributed by atoms with Gasteiger partial charge in [0.1, 0.15) is 18.0 Å². The van der Waals surface area contributed by atoms with Gasteiger partial charge in [-0.25, -0.2) is 4.39 Å². The first-order valence-electron chi connectivity index (χ1n) is 10.9. The fraction of sp³-hybridized carbons (Fsp3) is 0.292. The van der Waals surface area contributed by atoms with E-state index in [1.165, 1.54) is 6.07 Å². The molecule has 0 bridgehead atoms. The molecular formula is C24H23FN4O5. The lowest BCUT2D eigenvalue weighted by Crippen LogP contribution is -2.40. The molecule has 4 aromatic rings. The minimum atomic E-state index is -0.504. The number of rotatable bonds is 7. The molecule has 1 fully saturated rings. The number of nitrogens with one attached hydrogen (secondary N) is 1. The molecule has 0 atom stereocenters. The highest BCUT2D eigenvalue weighted by atomic mass is 19.1. The Labute approximate surface area is 194 Å². The lowest BCUT2D eigenvalue weighted by atomic mass is 10.1. The van der Waals surface area contributed by atoms with Gasteiger partial charge in [0.2, 0.25) is 0 Å². The van der Waals surface area contributed by atoms with Crippen LogP contribution in [0.15, 0.2) is 47.0 Å². The van der Waals surface area contributed by atoms with Gasteiger partial charge in [0, 0.05) is 48.8 Å². The Hall–Kier alpha value is -3.76. The molecule has 1 saturated heterocycles. The number of nitrogens with zero attached hydrogens (tertiary/aromatic N) is 3. The first-order chi connectivity index (χ1) is 16.6. The third-order valence-electron chi connectivity index (χ3n) is 5.63. The van der Waals surface area contributed by atoms with Crippen LogP contribution in [0.3, 0.4) is 0 Å². The summed E-state index contributed by atoms with van der Waals surface area (Å²) >= 11 is 0. The van der Waals surface area contributed by atoms with Crippen molar-refractivity contribution >= 4 is 16.8 Å². The molecule has 0 spiro atoms. The van der Waals surface area contributed by atoms with E-state index in [0.717, 1.165) is 5.56 Å². The molecule has 0 saturated carbocycles. The first kappa shape index (κ1) is 22.1. The first-order valence-corrected chi connectivity index (χ1v) is 10.9. The van der Waals surface area contributed by atoms with Crippen LogP contribution >= 0.6 is 0 Å². The maximum atomic E-state index is 14.5. The summed E-state index contributed by atoms with van der Waals surface area (Å²) in [5.74, 6) is 0.100. The number of hydrogen-bond acceptors (Lipinski definition) is 7. The molecule has 2 aromatic heterocycles. The highest BCUT2D eigenvalue weighted by Gasteiger charge is 2.20. The number of H-pyrrole nitrogens is 1. The number of halogens is 1. The van der Waals surface area contributed by atoms with Gasteiger partial charge in [-0.15, -0.1) is 0 Å². The molecule has 34 heavy (non-hydrogen) atoms. The van der Waals surface area contributed by atoms with Crippen LogP contribution in [0.5, 0.6) is 5.75 Å². The number of ether oxygens (including phenoxy) is 3. The Kier molecular flexibility index (Phi) is 6.24. The number of amides is 1. The van der Waals surface area contributed by atoms with Crippen molar-refractivity contribution in [1.29, 1.82) is 0 Å². The second kappa shape index (κ2) is 9.62. The second-order valence-electron chi connectivity index (χ2n) is 7.80. The number of morpholine rings is 1. The van der Waals surface area contributed by atoms with Crippen LogP contribution < -0.4 is 4.74 Å². The number of aromatic amines is 1. The number of carbonyl (C=O) groups is 1. The normalized spacial score (nSPS) is 14.0.